The molecule has 0 radical (unpaired) electrons. The third kappa shape index (κ3) is 2.32. The van der Waals surface area contributed by atoms with E-state index in [9.17, 15) is 4.39 Å². The van der Waals surface area contributed by atoms with Crippen LogP contribution in [0.3, 0.4) is 0 Å². The Morgan fingerprint density at radius 3 is 2.95 bits per heavy atom. The van der Waals surface area contributed by atoms with E-state index >= 15 is 0 Å². The van der Waals surface area contributed by atoms with E-state index in [2.05, 4.69) is 19.6 Å². The smallest absolute Gasteiger partial charge is 0.213 e. The van der Waals surface area contributed by atoms with E-state index in [1.807, 2.05) is 22.6 Å². The Bertz CT molecular complexity index is 728. The molecule has 0 unspecified atom stereocenters. The highest BCUT2D eigenvalue weighted by Gasteiger charge is 2.14. The van der Waals surface area contributed by atoms with Crippen LogP contribution < -0.4 is 0 Å². The van der Waals surface area contributed by atoms with Gasteiger partial charge in [-0.05, 0) is 28.7 Å². The van der Waals surface area contributed by atoms with E-state index in [-0.39, 0.29) is 11.7 Å². The van der Waals surface area contributed by atoms with Crippen molar-refractivity contribution in [2.45, 2.75) is 12.4 Å². The first-order valence-corrected chi connectivity index (χ1v) is 6.95. The number of fused-ring (bicyclic) bond motifs is 1. The number of halogens is 3. The summed E-state index contributed by atoms with van der Waals surface area (Å²) in [5.74, 6) is 1.07. The van der Waals surface area contributed by atoms with E-state index < -0.39 is 0 Å². The SMILES string of the molecule is Fc1cc2c(cc1I)nc(CCl)n2Cc1ncon1. The van der Waals surface area contributed by atoms with Crippen LogP contribution in [0.5, 0.6) is 0 Å². The third-order valence-corrected chi connectivity index (χ3v) is 3.76. The molecule has 0 bridgehead atoms. The highest BCUT2D eigenvalue weighted by molar-refractivity contribution is 14.1. The minimum atomic E-state index is -0.288. The van der Waals surface area contributed by atoms with Crippen LogP contribution in [-0.4, -0.2) is 19.7 Å². The minimum Gasteiger partial charge on any atom is -0.343 e. The molecule has 0 saturated carbocycles. The first-order chi connectivity index (χ1) is 9.19. The Balaban J connectivity index is 2.17. The summed E-state index contributed by atoms with van der Waals surface area (Å²) in [6.45, 7) is 0.342. The lowest BCUT2D eigenvalue weighted by atomic mass is 10.3. The molecule has 0 aliphatic carbocycles. The fourth-order valence-corrected chi connectivity index (χ4v) is 2.51. The van der Waals surface area contributed by atoms with Gasteiger partial charge in [-0.15, -0.1) is 11.6 Å². The number of imidazole rings is 1. The number of aromatic nitrogens is 4. The second-order valence-corrected chi connectivity index (χ2v) is 5.28. The summed E-state index contributed by atoms with van der Waals surface area (Å²) in [5, 5.41) is 3.74. The Hall–Kier alpha value is -1.22. The van der Waals surface area contributed by atoms with E-state index in [0.29, 0.717) is 32.8 Å². The topological polar surface area (TPSA) is 56.7 Å². The summed E-state index contributed by atoms with van der Waals surface area (Å²) in [4.78, 5) is 8.34. The molecule has 0 spiro atoms. The van der Waals surface area contributed by atoms with Crippen LogP contribution in [0.25, 0.3) is 11.0 Å². The zero-order valence-electron chi connectivity index (χ0n) is 9.48. The molecule has 3 aromatic rings. The molecule has 0 aliphatic heterocycles. The summed E-state index contributed by atoms with van der Waals surface area (Å²) in [5.41, 5.74) is 1.36. The summed E-state index contributed by atoms with van der Waals surface area (Å²) < 4.78 is 20.7. The Morgan fingerprint density at radius 2 is 2.26 bits per heavy atom. The monoisotopic (exact) mass is 392 g/mol. The molecule has 2 heterocycles. The van der Waals surface area contributed by atoms with Crippen molar-refractivity contribution >= 4 is 45.2 Å². The molecule has 0 amide bonds. The molecule has 3 rings (SSSR count). The Kier molecular flexibility index (Phi) is 3.40. The zero-order chi connectivity index (χ0) is 13.4. The lowest BCUT2D eigenvalue weighted by molar-refractivity contribution is 0.408. The maximum atomic E-state index is 13.7. The van der Waals surface area contributed by atoms with Crippen molar-refractivity contribution in [3.63, 3.8) is 0 Å². The first-order valence-electron chi connectivity index (χ1n) is 5.34. The molecular weight excluding hydrogens is 386 g/mol. The molecule has 5 nitrogen and oxygen atoms in total. The zero-order valence-corrected chi connectivity index (χ0v) is 12.4. The van der Waals surface area contributed by atoms with Gasteiger partial charge < -0.3 is 9.09 Å². The van der Waals surface area contributed by atoms with Crippen molar-refractivity contribution in [1.82, 2.24) is 19.7 Å². The summed E-state index contributed by atoms with van der Waals surface area (Å²) >= 11 is 7.81. The van der Waals surface area contributed by atoms with Crippen LogP contribution >= 0.6 is 34.2 Å². The van der Waals surface area contributed by atoms with Crippen LogP contribution in [0.4, 0.5) is 4.39 Å². The average molecular weight is 393 g/mol. The predicted octanol–water partition coefficient (Wildman–Crippen LogP) is 2.95. The quantitative estimate of drug-likeness (QED) is 0.508. The van der Waals surface area contributed by atoms with Crippen molar-refractivity contribution in [3.8, 4) is 0 Å². The molecular formula is C11H7ClFIN4O. The Morgan fingerprint density at radius 1 is 1.42 bits per heavy atom. The lowest BCUT2D eigenvalue weighted by Crippen LogP contribution is -2.05. The second kappa shape index (κ2) is 5.04. The van der Waals surface area contributed by atoms with Gasteiger partial charge in [0.15, 0.2) is 5.82 Å². The van der Waals surface area contributed by atoms with Crippen molar-refractivity contribution in [2.24, 2.45) is 0 Å². The number of nitrogens with zero attached hydrogens (tertiary/aromatic N) is 4. The largest absolute Gasteiger partial charge is 0.343 e. The van der Waals surface area contributed by atoms with Gasteiger partial charge in [-0.25, -0.2) is 9.37 Å². The molecule has 1 aromatic carbocycles. The molecule has 0 atom stereocenters. The van der Waals surface area contributed by atoms with Gasteiger partial charge in [-0.1, -0.05) is 5.16 Å². The molecule has 19 heavy (non-hydrogen) atoms. The van der Waals surface area contributed by atoms with Crippen molar-refractivity contribution < 1.29 is 8.91 Å². The maximum Gasteiger partial charge on any atom is 0.213 e. The normalized spacial score (nSPS) is 11.3. The highest BCUT2D eigenvalue weighted by atomic mass is 127. The number of alkyl halides is 1. The van der Waals surface area contributed by atoms with Gasteiger partial charge in [0.2, 0.25) is 6.39 Å². The fraction of sp³-hybridized carbons (Fsp3) is 0.182. The van der Waals surface area contributed by atoms with Gasteiger partial charge >= 0.3 is 0 Å². The van der Waals surface area contributed by atoms with Gasteiger partial charge in [0, 0.05) is 6.07 Å². The van der Waals surface area contributed by atoms with Crippen molar-refractivity contribution in [3.05, 3.63) is 39.6 Å². The highest BCUT2D eigenvalue weighted by Crippen LogP contribution is 2.23. The fourth-order valence-electron chi connectivity index (χ4n) is 1.85. The van der Waals surface area contributed by atoms with Gasteiger partial charge in [-0.3, -0.25) is 0 Å². The molecule has 0 fully saturated rings. The molecule has 0 aliphatic rings. The van der Waals surface area contributed by atoms with Gasteiger partial charge in [0.1, 0.15) is 11.6 Å². The van der Waals surface area contributed by atoms with E-state index in [0.717, 1.165) is 0 Å². The molecule has 2 aromatic heterocycles. The molecule has 8 heteroatoms. The maximum absolute atomic E-state index is 13.7. The molecule has 0 N–H and O–H groups in total. The van der Waals surface area contributed by atoms with Gasteiger partial charge in [0.25, 0.3) is 0 Å². The van der Waals surface area contributed by atoms with Gasteiger partial charge in [0.05, 0.1) is 27.0 Å². The lowest BCUT2D eigenvalue weighted by Gasteiger charge is -2.04. The van der Waals surface area contributed by atoms with Crippen LogP contribution in [0.1, 0.15) is 11.6 Å². The first kappa shape index (κ1) is 12.8. The van der Waals surface area contributed by atoms with Crippen LogP contribution in [0.15, 0.2) is 23.0 Å². The Labute approximate surface area is 125 Å². The van der Waals surface area contributed by atoms with Gasteiger partial charge in [-0.2, -0.15) is 4.98 Å². The summed E-state index contributed by atoms with van der Waals surface area (Å²) in [6.07, 6.45) is 1.25. The van der Waals surface area contributed by atoms with Crippen molar-refractivity contribution in [2.75, 3.05) is 0 Å². The van der Waals surface area contributed by atoms with Crippen LogP contribution in [0.2, 0.25) is 0 Å². The number of rotatable bonds is 3. The number of hydrogen-bond donors (Lipinski definition) is 0. The second-order valence-electron chi connectivity index (χ2n) is 3.85. The van der Waals surface area contributed by atoms with E-state index in [1.165, 1.54) is 12.5 Å². The molecule has 0 saturated heterocycles. The van der Waals surface area contributed by atoms with E-state index in [4.69, 9.17) is 11.6 Å². The summed E-state index contributed by atoms with van der Waals surface area (Å²) in [6, 6.07) is 3.13. The number of hydrogen-bond acceptors (Lipinski definition) is 4. The molecule has 98 valence electrons. The standard InChI is InChI=1S/C11H7ClFIN4O/c12-3-11-16-8-2-7(14)6(13)1-9(8)18(11)4-10-15-5-19-17-10/h1-2,5H,3-4H2. The van der Waals surface area contributed by atoms with Crippen LogP contribution in [0, 0.1) is 9.39 Å². The van der Waals surface area contributed by atoms with Crippen molar-refractivity contribution in [1.29, 1.82) is 0 Å². The predicted molar refractivity (Wildman–Crippen MR) is 75.4 cm³/mol. The minimum absolute atomic E-state index is 0.227. The number of benzene rings is 1. The van der Waals surface area contributed by atoms with Crippen LogP contribution in [-0.2, 0) is 12.4 Å². The average Bonchev–Trinajstić information content (AvgIpc) is 3.00. The van der Waals surface area contributed by atoms with E-state index in [1.54, 1.807) is 10.6 Å². The third-order valence-electron chi connectivity index (χ3n) is 2.70. The summed E-state index contributed by atoms with van der Waals surface area (Å²) in [7, 11) is 0.